The fourth-order valence-corrected chi connectivity index (χ4v) is 2.69. The maximum atomic E-state index is 13.0. The zero-order valence-electron chi connectivity index (χ0n) is 10.4. The average Bonchev–Trinajstić information content (AvgIpc) is 2.40. The monoisotopic (exact) mass is 321 g/mol. The number of fused-ring (bicyclic) bond motifs is 1. The Kier molecular flexibility index (Phi) is 3.19. The van der Waals surface area contributed by atoms with E-state index in [0.29, 0.717) is 6.61 Å². The van der Waals surface area contributed by atoms with Gasteiger partial charge in [0.2, 0.25) is 0 Å². The minimum Gasteiger partial charge on any atom is -0.489 e. The molecule has 0 spiro atoms. The van der Waals surface area contributed by atoms with Crippen LogP contribution in [0.4, 0.5) is 10.1 Å². The summed E-state index contributed by atoms with van der Waals surface area (Å²) < 4.78 is 19.8. The van der Waals surface area contributed by atoms with E-state index in [2.05, 4.69) is 20.8 Å². The highest BCUT2D eigenvalue weighted by Crippen LogP contribution is 2.39. The van der Waals surface area contributed by atoms with Crippen LogP contribution >= 0.6 is 15.9 Å². The van der Waals surface area contributed by atoms with Crippen molar-refractivity contribution in [1.82, 2.24) is 0 Å². The lowest BCUT2D eigenvalue weighted by Gasteiger charge is -2.36. The molecule has 1 unspecified atom stereocenters. The molecule has 2 nitrogen and oxygen atoms in total. The fourth-order valence-electron chi connectivity index (χ4n) is 2.35. The van der Waals surface area contributed by atoms with Gasteiger partial charge >= 0.3 is 0 Å². The second kappa shape index (κ2) is 4.85. The van der Waals surface area contributed by atoms with Crippen LogP contribution in [-0.4, -0.2) is 13.7 Å². The largest absolute Gasteiger partial charge is 0.489 e. The predicted molar refractivity (Wildman–Crippen MR) is 77.2 cm³/mol. The Labute approximate surface area is 119 Å². The number of hydrogen-bond acceptors (Lipinski definition) is 2. The van der Waals surface area contributed by atoms with Crippen molar-refractivity contribution in [1.29, 1.82) is 0 Å². The number of anilines is 1. The van der Waals surface area contributed by atoms with Crippen molar-refractivity contribution in [3.8, 4) is 5.75 Å². The molecule has 0 aromatic heterocycles. The number of ether oxygens (including phenoxy) is 1. The van der Waals surface area contributed by atoms with E-state index < -0.39 is 0 Å². The van der Waals surface area contributed by atoms with Crippen molar-refractivity contribution >= 4 is 21.6 Å². The molecule has 0 N–H and O–H groups in total. The molecule has 4 heteroatoms. The molecule has 0 saturated heterocycles. The lowest BCUT2D eigenvalue weighted by Crippen LogP contribution is -2.33. The number of likely N-dealkylation sites (N-methyl/N-ethyl adjacent to an activating group) is 1. The summed E-state index contributed by atoms with van der Waals surface area (Å²) in [5, 5.41) is 0. The highest BCUT2D eigenvalue weighted by Gasteiger charge is 2.26. The Morgan fingerprint density at radius 1 is 1.21 bits per heavy atom. The van der Waals surface area contributed by atoms with Gasteiger partial charge in [-0.05, 0) is 35.9 Å². The maximum Gasteiger partial charge on any atom is 0.143 e. The molecule has 0 bridgehead atoms. The van der Waals surface area contributed by atoms with Gasteiger partial charge in [-0.3, -0.25) is 0 Å². The van der Waals surface area contributed by atoms with Crippen molar-refractivity contribution in [2.24, 2.45) is 0 Å². The molecule has 19 heavy (non-hydrogen) atoms. The van der Waals surface area contributed by atoms with Crippen molar-refractivity contribution in [2.45, 2.75) is 6.04 Å². The molecule has 3 rings (SSSR count). The van der Waals surface area contributed by atoms with Gasteiger partial charge in [0.25, 0.3) is 0 Å². The van der Waals surface area contributed by atoms with E-state index in [4.69, 9.17) is 4.74 Å². The molecule has 98 valence electrons. The Morgan fingerprint density at radius 2 is 1.95 bits per heavy atom. The molecule has 2 aromatic carbocycles. The average molecular weight is 322 g/mol. The molecule has 0 aliphatic carbocycles. The standard InChI is InChI=1S/C15H13BrFNO/c1-18-13-7-4-11(16)8-15(13)19-9-14(18)10-2-5-12(17)6-3-10/h2-8,14H,9H2,1H3. The number of hydrogen-bond donors (Lipinski definition) is 0. The third kappa shape index (κ3) is 2.32. The van der Waals surface area contributed by atoms with Gasteiger partial charge in [0.15, 0.2) is 0 Å². The minimum atomic E-state index is -0.215. The molecular weight excluding hydrogens is 309 g/mol. The van der Waals surface area contributed by atoms with Crippen LogP contribution in [0.1, 0.15) is 11.6 Å². The van der Waals surface area contributed by atoms with E-state index in [-0.39, 0.29) is 11.9 Å². The van der Waals surface area contributed by atoms with Gasteiger partial charge in [0, 0.05) is 11.5 Å². The van der Waals surface area contributed by atoms with Gasteiger partial charge in [0.05, 0.1) is 11.7 Å². The molecule has 0 radical (unpaired) electrons. The first-order valence-corrected chi connectivity index (χ1v) is 6.85. The second-order valence-electron chi connectivity index (χ2n) is 4.60. The van der Waals surface area contributed by atoms with E-state index in [1.54, 1.807) is 0 Å². The molecule has 1 heterocycles. The first-order valence-electron chi connectivity index (χ1n) is 6.06. The van der Waals surface area contributed by atoms with E-state index in [1.165, 1.54) is 12.1 Å². The minimum absolute atomic E-state index is 0.106. The lowest BCUT2D eigenvalue weighted by molar-refractivity contribution is 0.268. The van der Waals surface area contributed by atoms with Gasteiger partial charge in [-0.2, -0.15) is 0 Å². The van der Waals surface area contributed by atoms with Crippen LogP contribution in [-0.2, 0) is 0 Å². The van der Waals surface area contributed by atoms with Crippen LogP contribution in [0.3, 0.4) is 0 Å². The van der Waals surface area contributed by atoms with Crippen LogP contribution in [0.15, 0.2) is 46.9 Å². The third-order valence-electron chi connectivity index (χ3n) is 3.42. The van der Waals surface area contributed by atoms with Crippen LogP contribution in [0.2, 0.25) is 0 Å². The number of halogens is 2. The van der Waals surface area contributed by atoms with E-state index in [9.17, 15) is 4.39 Å². The Bertz CT molecular complexity index is 600. The lowest BCUT2D eigenvalue weighted by atomic mass is 10.0. The molecule has 1 aliphatic rings. The maximum absolute atomic E-state index is 13.0. The summed E-state index contributed by atoms with van der Waals surface area (Å²) in [6.07, 6.45) is 0. The second-order valence-corrected chi connectivity index (χ2v) is 5.52. The van der Waals surface area contributed by atoms with Crippen molar-refractivity contribution in [3.63, 3.8) is 0 Å². The Balaban J connectivity index is 1.95. The van der Waals surface area contributed by atoms with Gasteiger partial charge in [-0.15, -0.1) is 0 Å². The first kappa shape index (κ1) is 12.5. The Hall–Kier alpha value is -1.55. The van der Waals surface area contributed by atoms with Crippen molar-refractivity contribution in [3.05, 3.63) is 58.3 Å². The van der Waals surface area contributed by atoms with Crippen LogP contribution in [0, 0.1) is 5.82 Å². The quantitative estimate of drug-likeness (QED) is 0.782. The summed E-state index contributed by atoms with van der Waals surface area (Å²) in [4.78, 5) is 2.17. The Morgan fingerprint density at radius 3 is 2.68 bits per heavy atom. The highest BCUT2D eigenvalue weighted by atomic mass is 79.9. The van der Waals surface area contributed by atoms with Crippen LogP contribution in [0.5, 0.6) is 5.75 Å². The van der Waals surface area contributed by atoms with Crippen molar-refractivity contribution in [2.75, 3.05) is 18.6 Å². The van der Waals surface area contributed by atoms with Gasteiger partial charge in [-0.1, -0.05) is 28.1 Å². The fraction of sp³-hybridized carbons (Fsp3) is 0.200. The summed E-state index contributed by atoms with van der Waals surface area (Å²) >= 11 is 3.44. The van der Waals surface area contributed by atoms with E-state index in [0.717, 1.165) is 21.5 Å². The molecule has 0 amide bonds. The van der Waals surface area contributed by atoms with Gasteiger partial charge in [-0.25, -0.2) is 4.39 Å². The molecule has 2 aromatic rings. The number of benzene rings is 2. The number of rotatable bonds is 1. The van der Waals surface area contributed by atoms with Gasteiger partial charge < -0.3 is 9.64 Å². The predicted octanol–water partition coefficient (Wildman–Crippen LogP) is 4.16. The normalized spacial score (nSPS) is 17.8. The molecule has 0 saturated carbocycles. The zero-order valence-corrected chi connectivity index (χ0v) is 12.0. The van der Waals surface area contributed by atoms with Crippen molar-refractivity contribution < 1.29 is 9.13 Å². The molecular formula is C15H13BrFNO. The SMILES string of the molecule is CN1c2ccc(Br)cc2OCC1c1ccc(F)cc1. The summed E-state index contributed by atoms with van der Waals surface area (Å²) in [5.74, 6) is 0.655. The molecule has 1 aliphatic heterocycles. The van der Waals surface area contributed by atoms with Crippen LogP contribution in [0.25, 0.3) is 0 Å². The summed E-state index contributed by atoms with van der Waals surface area (Å²) in [7, 11) is 2.03. The van der Waals surface area contributed by atoms with Gasteiger partial charge in [0.1, 0.15) is 18.2 Å². The highest BCUT2D eigenvalue weighted by molar-refractivity contribution is 9.10. The summed E-state index contributed by atoms with van der Waals surface area (Å²) in [5.41, 5.74) is 2.10. The number of nitrogens with zero attached hydrogens (tertiary/aromatic N) is 1. The summed E-state index contributed by atoms with van der Waals surface area (Å²) in [6, 6.07) is 12.7. The summed E-state index contributed by atoms with van der Waals surface area (Å²) in [6.45, 7) is 0.561. The van der Waals surface area contributed by atoms with E-state index >= 15 is 0 Å². The van der Waals surface area contributed by atoms with E-state index in [1.807, 2.05) is 37.4 Å². The third-order valence-corrected chi connectivity index (χ3v) is 3.91. The smallest absolute Gasteiger partial charge is 0.143 e. The molecule has 1 atom stereocenters. The molecule has 0 fully saturated rings. The van der Waals surface area contributed by atoms with Crippen LogP contribution < -0.4 is 9.64 Å². The topological polar surface area (TPSA) is 12.5 Å². The first-order chi connectivity index (χ1) is 9.15. The zero-order chi connectivity index (χ0) is 13.4.